The summed E-state index contributed by atoms with van der Waals surface area (Å²) >= 11 is 4.10. The van der Waals surface area contributed by atoms with Crippen molar-refractivity contribution in [3.05, 3.63) is 65.7 Å². The number of hydrogen-bond acceptors (Lipinski definition) is 16. The van der Waals surface area contributed by atoms with Gasteiger partial charge in [-0.2, -0.15) is 0 Å². The molecule has 1 fully saturated rings. The molecule has 1 aliphatic rings. The number of carbonyl (C=O) groups is 10. The Morgan fingerprint density at radius 1 is 0.671 bits per heavy atom. The standard InChI is InChI=1S/C45H66N14O12S2/c46-34(61)15-14-29(55-43(70)31(20-25-6-2-1-3-7-25)57-42(69)30(54-37(64)16-19-73-72)21-26-10-12-27(60)13-11-26)41(68)58-32(22-35(47)62)40(67)53-24-38(65)59-18-5-9-33(59)44(71)56-28(8-4-17-51-45(49)50)39(66)52-23-36(48)63/h1-3,6-7,10-13,28-33,37,54,60,64,72H,4-5,8-9,14-24H2,(H2,46,61)(H2,47,62)(H2,48,63)(H,52,66)(H,53,67)(H,55,70)(H,56,71)(H,57,69)(H,58,68)(H4,49,50,51)/t28?,29-,30-,31-,32-,33-,37?/m0/s1. The van der Waals surface area contributed by atoms with Crippen LogP contribution in [0.15, 0.2) is 59.6 Å². The molecule has 26 nitrogen and oxygen atoms in total. The van der Waals surface area contributed by atoms with Crippen molar-refractivity contribution >= 4 is 87.5 Å². The van der Waals surface area contributed by atoms with E-state index in [0.29, 0.717) is 23.3 Å². The van der Waals surface area contributed by atoms with E-state index in [1.54, 1.807) is 42.5 Å². The summed E-state index contributed by atoms with van der Waals surface area (Å²) < 4.78 is 0. The molecule has 400 valence electrons. The summed E-state index contributed by atoms with van der Waals surface area (Å²) in [4.78, 5) is 136. The van der Waals surface area contributed by atoms with Crippen LogP contribution in [-0.2, 0) is 60.8 Å². The first-order chi connectivity index (χ1) is 34.7. The number of phenolic OH excluding ortho intramolecular Hbond substituents is 1. The number of thiol groups is 1. The highest BCUT2D eigenvalue weighted by molar-refractivity contribution is 8.68. The van der Waals surface area contributed by atoms with Crippen molar-refractivity contribution < 1.29 is 58.2 Å². The van der Waals surface area contributed by atoms with Gasteiger partial charge in [0.15, 0.2) is 5.96 Å². The van der Waals surface area contributed by atoms with Gasteiger partial charge in [-0.05, 0) is 68.2 Å². The summed E-state index contributed by atoms with van der Waals surface area (Å²) in [7, 11) is 1.18. The predicted molar refractivity (Wildman–Crippen MR) is 271 cm³/mol. The van der Waals surface area contributed by atoms with E-state index in [-0.39, 0.29) is 63.3 Å². The summed E-state index contributed by atoms with van der Waals surface area (Å²) in [6.45, 7) is -1.04. The van der Waals surface area contributed by atoms with Crippen LogP contribution in [0.3, 0.4) is 0 Å². The zero-order valence-corrected chi connectivity index (χ0v) is 41.7. The fourth-order valence-electron chi connectivity index (χ4n) is 7.48. The molecule has 2 unspecified atom stereocenters. The Labute approximate surface area is 430 Å². The lowest BCUT2D eigenvalue weighted by molar-refractivity contribution is -0.140. The van der Waals surface area contributed by atoms with Crippen molar-refractivity contribution in [3.8, 4) is 5.75 Å². The van der Waals surface area contributed by atoms with Crippen LogP contribution < -0.4 is 65.9 Å². The Kier molecular flexibility index (Phi) is 25.8. The van der Waals surface area contributed by atoms with Gasteiger partial charge < -0.3 is 75.7 Å². The van der Waals surface area contributed by atoms with Crippen molar-refractivity contribution in [1.29, 1.82) is 0 Å². The Balaban J connectivity index is 1.79. The first-order valence-electron chi connectivity index (χ1n) is 23.2. The van der Waals surface area contributed by atoms with E-state index in [2.05, 4.69) is 53.9 Å². The smallest absolute Gasteiger partial charge is 0.243 e. The number of rotatable bonds is 32. The van der Waals surface area contributed by atoms with E-state index in [4.69, 9.17) is 28.7 Å². The minimum Gasteiger partial charge on any atom is -0.508 e. The normalized spacial score (nSPS) is 15.4. The number of amides is 10. The van der Waals surface area contributed by atoms with Gasteiger partial charge in [0, 0.05) is 31.7 Å². The molecule has 0 radical (unpaired) electrons. The van der Waals surface area contributed by atoms with E-state index in [1.807, 2.05) is 0 Å². The number of hydrogen-bond donors (Lipinski definition) is 15. The number of aliphatic hydroxyl groups excluding tert-OH is 1. The molecule has 1 heterocycles. The molecule has 7 atom stereocenters. The maximum atomic E-state index is 14.2. The molecule has 0 bridgehead atoms. The number of nitrogens with two attached hydrogens (primary N) is 5. The summed E-state index contributed by atoms with van der Waals surface area (Å²) in [6.07, 6.45) is -1.88. The molecule has 1 aliphatic heterocycles. The lowest BCUT2D eigenvalue weighted by Gasteiger charge is -2.28. The monoisotopic (exact) mass is 1060 g/mol. The minimum absolute atomic E-state index is 0.00826. The van der Waals surface area contributed by atoms with Gasteiger partial charge in [-0.1, -0.05) is 53.3 Å². The van der Waals surface area contributed by atoms with E-state index >= 15 is 0 Å². The van der Waals surface area contributed by atoms with Crippen LogP contribution in [0.2, 0.25) is 0 Å². The SMILES string of the molecule is NC(=O)CC[C@H](NC(=O)[C@H](Cc1ccccc1)NC(=O)[C@H](Cc1ccc(O)cc1)NC(O)CCSS)C(=O)N[C@@H](CC(N)=O)C(=O)NCC(=O)N1CCC[C@H]1C(=O)NC(CCCN=C(N)N)C(=O)NCC(N)=O. The largest absolute Gasteiger partial charge is 0.508 e. The average Bonchev–Trinajstić information content (AvgIpc) is 3.84. The summed E-state index contributed by atoms with van der Waals surface area (Å²) in [6, 6.07) is 6.41. The third-order valence-electron chi connectivity index (χ3n) is 11.1. The number of nitrogens with one attached hydrogen (secondary N) is 7. The fraction of sp³-hybridized carbons (Fsp3) is 0.489. The Morgan fingerprint density at radius 2 is 1.25 bits per heavy atom. The topological polar surface area (TPSA) is 441 Å². The van der Waals surface area contributed by atoms with Crippen LogP contribution in [0, 0.1) is 0 Å². The molecule has 2 aromatic rings. The molecule has 73 heavy (non-hydrogen) atoms. The lowest BCUT2D eigenvalue weighted by atomic mass is 10.0. The highest BCUT2D eigenvalue weighted by Gasteiger charge is 2.37. The molecule has 19 N–H and O–H groups in total. The fourth-order valence-corrected chi connectivity index (χ4v) is 8.12. The number of benzene rings is 2. The third-order valence-corrected chi connectivity index (χ3v) is 12.1. The van der Waals surface area contributed by atoms with Crippen LogP contribution >= 0.6 is 22.5 Å². The number of guanidine groups is 1. The molecule has 0 saturated carbocycles. The zero-order chi connectivity index (χ0) is 54.0. The molecule has 0 aliphatic carbocycles. The molecule has 2 aromatic carbocycles. The Bertz CT molecular complexity index is 2260. The van der Waals surface area contributed by atoms with Crippen molar-refractivity contribution in [2.45, 2.75) is 107 Å². The number of nitrogens with zero attached hydrogens (tertiary/aromatic N) is 2. The van der Waals surface area contributed by atoms with Crippen LogP contribution in [0.4, 0.5) is 0 Å². The summed E-state index contributed by atoms with van der Waals surface area (Å²) in [5.74, 6) is -8.47. The molecule has 28 heteroatoms. The maximum Gasteiger partial charge on any atom is 0.243 e. The van der Waals surface area contributed by atoms with Gasteiger partial charge in [-0.3, -0.25) is 58.3 Å². The summed E-state index contributed by atoms with van der Waals surface area (Å²) in [5, 5.41) is 38.2. The second-order valence-electron chi connectivity index (χ2n) is 16.9. The van der Waals surface area contributed by atoms with Gasteiger partial charge in [-0.15, -0.1) is 11.7 Å². The second kappa shape index (κ2) is 31.3. The molecule has 0 spiro atoms. The third kappa shape index (κ3) is 22.4. The number of phenols is 1. The van der Waals surface area contributed by atoms with Gasteiger partial charge in [0.1, 0.15) is 42.2 Å². The number of likely N-dealkylation sites (tertiary alicyclic amines) is 1. The molecular formula is C45H66N14O12S2. The number of aromatic hydroxyl groups is 1. The zero-order valence-electron chi connectivity index (χ0n) is 40.0. The van der Waals surface area contributed by atoms with Gasteiger partial charge in [0.2, 0.25) is 59.1 Å². The highest BCUT2D eigenvalue weighted by Crippen LogP contribution is 2.19. The van der Waals surface area contributed by atoms with E-state index in [0.717, 1.165) is 0 Å². The molecular weight excluding hydrogens is 993 g/mol. The van der Waals surface area contributed by atoms with Crippen LogP contribution in [0.5, 0.6) is 5.75 Å². The first-order valence-corrected chi connectivity index (χ1v) is 25.2. The van der Waals surface area contributed by atoms with Gasteiger partial charge in [0.05, 0.1) is 25.6 Å². The van der Waals surface area contributed by atoms with Gasteiger partial charge in [0.25, 0.3) is 0 Å². The van der Waals surface area contributed by atoms with E-state index in [9.17, 15) is 58.2 Å². The molecule has 3 rings (SSSR count). The van der Waals surface area contributed by atoms with E-state index in [1.165, 1.54) is 27.8 Å². The molecule has 0 aromatic heterocycles. The predicted octanol–water partition coefficient (Wildman–Crippen LogP) is -4.74. The highest BCUT2D eigenvalue weighted by atomic mass is 33.1. The van der Waals surface area contributed by atoms with Crippen molar-refractivity contribution in [2.24, 2.45) is 33.7 Å². The van der Waals surface area contributed by atoms with Crippen LogP contribution in [-0.4, -0.2) is 155 Å². The maximum absolute atomic E-state index is 14.2. The lowest BCUT2D eigenvalue weighted by Crippen LogP contribution is -2.59. The van der Waals surface area contributed by atoms with E-state index < -0.39 is 134 Å². The van der Waals surface area contributed by atoms with Gasteiger partial charge >= 0.3 is 0 Å². The summed E-state index contributed by atoms with van der Waals surface area (Å²) in [5.41, 5.74) is 27.9. The van der Waals surface area contributed by atoms with Crippen LogP contribution in [0.25, 0.3) is 0 Å². The van der Waals surface area contributed by atoms with Gasteiger partial charge in [-0.25, -0.2) is 0 Å². The van der Waals surface area contributed by atoms with Crippen molar-refractivity contribution in [2.75, 3.05) is 31.9 Å². The second-order valence-corrected chi connectivity index (χ2v) is 18.4. The number of primary amides is 3. The minimum atomic E-state index is -1.74. The molecule has 1 saturated heterocycles. The Morgan fingerprint density at radius 3 is 1.88 bits per heavy atom. The number of aliphatic hydroxyl groups is 1. The quantitative estimate of drug-likeness (QED) is 0.00817. The number of carbonyl (C=O) groups excluding carboxylic acids is 10. The first kappa shape index (κ1) is 60.1. The van der Waals surface area contributed by atoms with Crippen LogP contribution in [0.1, 0.15) is 62.5 Å². The van der Waals surface area contributed by atoms with Crippen molar-refractivity contribution in [1.82, 2.24) is 42.1 Å². The Hall–Kier alpha value is -7.17. The van der Waals surface area contributed by atoms with Crippen molar-refractivity contribution in [3.63, 3.8) is 0 Å². The average molecular weight is 1060 g/mol. The molecule has 10 amide bonds. The number of aliphatic imine (C=N–C) groups is 1.